The van der Waals surface area contributed by atoms with Crippen molar-refractivity contribution in [1.29, 1.82) is 0 Å². The summed E-state index contributed by atoms with van der Waals surface area (Å²) < 4.78 is 5.19. The van der Waals surface area contributed by atoms with Crippen LogP contribution >= 0.6 is 24.0 Å². The molecule has 0 radical (unpaired) electrons. The predicted molar refractivity (Wildman–Crippen MR) is 89.5 cm³/mol. The highest BCUT2D eigenvalue weighted by Crippen LogP contribution is 2.22. The van der Waals surface area contributed by atoms with Crippen LogP contribution in [-0.2, 0) is 0 Å². The number of aromatic nitrogens is 1. The Morgan fingerprint density at radius 3 is 2.26 bits per heavy atom. The maximum atomic E-state index is 5.19. The van der Waals surface area contributed by atoms with Gasteiger partial charge >= 0.3 is 0 Å². The Hall–Kier alpha value is -0.790. The van der Waals surface area contributed by atoms with Crippen molar-refractivity contribution in [1.82, 2.24) is 15.8 Å². The molecule has 0 saturated carbocycles. The Kier molecular flexibility index (Phi) is 8.79. The molecule has 0 fully saturated rings. The highest BCUT2D eigenvalue weighted by Gasteiger charge is 2.16. The van der Waals surface area contributed by atoms with E-state index in [0.717, 1.165) is 37.0 Å². The molecule has 1 unspecified atom stereocenters. The molecule has 0 amide bonds. The summed E-state index contributed by atoms with van der Waals surface area (Å²) in [5.41, 5.74) is 2.13. The fraction of sp³-hybridized carbons (Fsp3) is 0.692. The Morgan fingerprint density at radius 1 is 1.26 bits per heavy atom. The maximum absolute atomic E-state index is 5.19. The van der Waals surface area contributed by atoms with Gasteiger partial charge in [0.25, 0.3) is 0 Å². The van der Waals surface area contributed by atoms with Gasteiger partial charge in [-0.15, -0.1) is 24.0 Å². The number of halogens is 1. The molecule has 5 nitrogen and oxygen atoms in total. The molecule has 6 heteroatoms. The Balaban J connectivity index is 0.00000324. The zero-order valence-electron chi connectivity index (χ0n) is 12.4. The van der Waals surface area contributed by atoms with E-state index < -0.39 is 0 Å². The monoisotopic (exact) mass is 380 g/mol. The van der Waals surface area contributed by atoms with Gasteiger partial charge < -0.3 is 15.2 Å². The van der Waals surface area contributed by atoms with E-state index in [9.17, 15) is 0 Å². The number of rotatable bonds is 5. The quantitative estimate of drug-likeness (QED) is 0.468. The average Bonchev–Trinajstić information content (AvgIpc) is 2.66. The van der Waals surface area contributed by atoms with Gasteiger partial charge in [0.1, 0.15) is 5.76 Å². The SMILES string of the molecule is CCNC(=NCC(C)c1c(C)noc1C)NCC.I. The predicted octanol–water partition coefficient (Wildman–Crippen LogP) is 2.59. The van der Waals surface area contributed by atoms with Crippen LogP contribution in [0.3, 0.4) is 0 Å². The molecular weight excluding hydrogens is 355 g/mol. The summed E-state index contributed by atoms with van der Waals surface area (Å²) in [6, 6.07) is 0. The smallest absolute Gasteiger partial charge is 0.191 e. The van der Waals surface area contributed by atoms with Crippen molar-refractivity contribution in [3.8, 4) is 0 Å². The number of nitrogens with zero attached hydrogens (tertiary/aromatic N) is 2. The molecule has 0 spiro atoms. The summed E-state index contributed by atoms with van der Waals surface area (Å²) in [6.07, 6.45) is 0. The van der Waals surface area contributed by atoms with Crippen LogP contribution in [0.25, 0.3) is 0 Å². The highest BCUT2D eigenvalue weighted by atomic mass is 127. The van der Waals surface area contributed by atoms with E-state index in [1.165, 1.54) is 5.56 Å². The maximum Gasteiger partial charge on any atom is 0.191 e. The van der Waals surface area contributed by atoms with Gasteiger partial charge in [-0.25, -0.2) is 0 Å². The summed E-state index contributed by atoms with van der Waals surface area (Å²) >= 11 is 0. The van der Waals surface area contributed by atoms with E-state index in [0.29, 0.717) is 5.92 Å². The third-order valence-corrected chi connectivity index (χ3v) is 2.79. The van der Waals surface area contributed by atoms with Crippen LogP contribution in [0, 0.1) is 13.8 Å². The summed E-state index contributed by atoms with van der Waals surface area (Å²) in [4.78, 5) is 4.57. The van der Waals surface area contributed by atoms with Crippen molar-refractivity contribution in [2.75, 3.05) is 19.6 Å². The first-order valence-corrected chi connectivity index (χ1v) is 6.55. The van der Waals surface area contributed by atoms with E-state index in [4.69, 9.17) is 4.52 Å². The van der Waals surface area contributed by atoms with Crippen LogP contribution in [0.5, 0.6) is 0 Å². The first-order chi connectivity index (χ1) is 8.60. The van der Waals surface area contributed by atoms with Crippen LogP contribution in [0.2, 0.25) is 0 Å². The minimum atomic E-state index is 0. The van der Waals surface area contributed by atoms with E-state index in [2.05, 4.69) is 41.6 Å². The lowest BCUT2D eigenvalue weighted by molar-refractivity contribution is 0.391. The minimum Gasteiger partial charge on any atom is -0.361 e. The van der Waals surface area contributed by atoms with E-state index in [1.807, 2.05) is 13.8 Å². The van der Waals surface area contributed by atoms with Crippen LogP contribution in [0.4, 0.5) is 0 Å². The molecule has 1 aromatic heterocycles. The molecule has 0 bridgehead atoms. The third kappa shape index (κ3) is 5.38. The van der Waals surface area contributed by atoms with E-state index >= 15 is 0 Å². The number of aryl methyl sites for hydroxylation is 2. The number of guanidine groups is 1. The number of hydrogen-bond acceptors (Lipinski definition) is 3. The summed E-state index contributed by atoms with van der Waals surface area (Å²) in [7, 11) is 0. The van der Waals surface area contributed by atoms with Gasteiger partial charge in [-0.2, -0.15) is 0 Å². The van der Waals surface area contributed by atoms with Crippen LogP contribution in [-0.4, -0.2) is 30.8 Å². The Labute approximate surface area is 132 Å². The standard InChI is InChI=1S/C13H24N4O.HI/c1-6-14-13(15-7-2)16-8-9(3)12-10(4)17-18-11(12)5;/h9H,6-8H2,1-5H3,(H2,14,15,16);1H. The van der Waals surface area contributed by atoms with Gasteiger partial charge in [-0.05, 0) is 27.7 Å². The molecular formula is C13H25IN4O. The number of aliphatic imine (C=N–C) groups is 1. The van der Waals surface area contributed by atoms with Crippen molar-refractivity contribution in [2.24, 2.45) is 4.99 Å². The summed E-state index contributed by atoms with van der Waals surface area (Å²) in [5.74, 6) is 2.06. The second-order valence-corrected chi connectivity index (χ2v) is 4.39. The zero-order chi connectivity index (χ0) is 13.5. The largest absolute Gasteiger partial charge is 0.361 e. The molecule has 19 heavy (non-hydrogen) atoms. The normalized spacial score (nSPS) is 11.4. The number of hydrogen-bond donors (Lipinski definition) is 2. The van der Waals surface area contributed by atoms with Gasteiger partial charge in [0.15, 0.2) is 5.96 Å². The second-order valence-electron chi connectivity index (χ2n) is 4.39. The van der Waals surface area contributed by atoms with Gasteiger partial charge in [0.2, 0.25) is 0 Å². The minimum absolute atomic E-state index is 0. The fourth-order valence-corrected chi connectivity index (χ4v) is 2.02. The first kappa shape index (κ1) is 18.2. The second kappa shape index (κ2) is 9.17. The van der Waals surface area contributed by atoms with E-state index in [-0.39, 0.29) is 24.0 Å². The first-order valence-electron chi connectivity index (χ1n) is 6.55. The fourth-order valence-electron chi connectivity index (χ4n) is 2.02. The van der Waals surface area contributed by atoms with Gasteiger partial charge in [-0.3, -0.25) is 4.99 Å². The molecule has 1 heterocycles. The van der Waals surface area contributed by atoms with Gasteiger partial charge in [-0.1, -0.05) is 12.1 Å². The van der Waals surface area contributed by atoms with Crippen LogP contribution in [0.15, 0.2) is 9.52 Å². The van der Waals surface area contributed by atoms with Crippen molar-refractivity contribution in [2.45, 2.75) is 40.5 Å². The summed E-state index contributed by atoms with van der Waals surface area (Å²) in [5, 5.41) is 10.4. The van der Waals surface area contributed by atoms with Gasteiger partial charge in [0.05, 0.1) is 5.69 Å². The Morgan fingerprint density at radius 2 is 1.84 bits per heavy atom. The summed E-state index contributed by atoms with van der Waals surface area (Å²) in [6.45, 7) is 12.6. The lowest BCUT2D eigenvalue weighted by atomic mass is 10.00. The molecule has 0 saturated heterocycles. The topological polar surface area (TPSA) is 62.5 Å². The van der Waals surface area contributed by atoms with Crippen LogP contribution in [0.1, 0.15) is 43.7 Å². The molecule has 1 rings (SSSR count). The van der Waals surface area contributed by atoms with E-state index in [1.54, 1.807) is 0 Å². The van der Waals surface area contributed by atoms with Gasteiger partial charge in [0, 0.05) is 31.1 Å². The highest BCUT2D eigenvalue weighted by molar-refractivity contribution is 14.0. The lowest BCUT2D eigenvalue weighted by Crippen LogP contribution is -2.37. The molecule has 0 aliphatic rings. The lowest BCUT2D eigenvalue weighted by Gasteiger charge is -2.12. The molecule has 110 valence electrons. The molecule has 0 aliphatic heterocycles. The van der Waals surface area contributed by atoms with Crippen molar-refractivity contribution in [3.63, 3.8) is 0 Å². The molecule has 2 N–H and O–H groups in total. The molecule has 1 aromatic rings. The third-order valence-electron chi connectivity index (χ3n) is 2.79. The average molecular weight is 380 g/mol. The number of nitrogens with one attached hydrogen (secondary N) is 2. The van der Waals surface area contributed by atoms with Crippen molar-refractivity contribution < 1.29 is 4.52 Å². The van der Waals surface area contributed by atoms with Crippen LogP contribution < -0.4 is 10.6 Å². The Bertz CT molecular complexity index is 376. The van der Waals surface area contributed by atoms with Crippen molar-refractivity contribution >= 4 is 29.9 Å². The van der Waals surface area contributed by atoms with Crippen molar-refractivity contribution in [3.05, 3.63) is 17.0 Å². The molecule has 0 aromatic carbocycles. The zero-order valence-corrected chi connectivity index (χ0v) is 14.7. The molecule has 0 aliphatic carbocycles. The molecule has 1 atom stereocenters.